The van der Waals surface area contributed by atoms with Crippen molar-refractivity contribution in [2.75, 3.05) is 19.6 Å². The van der Waals surface area contributed by atoms with Crippen molar-refractivity contribution in [2.45, 2.75) is 62.7 Å². The van der Waals surface area contributed by atoms with Gasteiger partial charge in [0.1, 0.15) is 11.5 Å². The van der Waals surface area contributed by atoms with Crippen LogP contribution in [-0.4, -0.2) is 41.3 Å². The molecule has 1 saturated heterocycles. The zero-order valence-electron chi connectivity index (χ0n) is 28.5. The van der Waals surface area contributed by atoms with E-state index in [-0.39, 0.29) is 34.5 Å². The first-order valence-electron chi connectivity index (χ1n) is 17.6. The van der Waals surface area contributed by atoms with Gasteiger partial charge in [-0.3, -0.25) is 9.59 Å². The van der Waals surface area contributed by atoms with Gasteiger partial charge < -0.3 is 10.2 Å². The topological polar surface area (TPSA) is 62.3 Å². The summed E-state index contributed by atoms with van der Waals surface area (Å²) in [5.41, 5.74) is 5.39. The second-order valence-electron chi connectivity index (χ2n) is 13.9. The smallest absolute Gasteiger partial charge is 0.270 e. The third kappa shape index (κ3) is 7.49. The Balaban J connectivity index is 0.961. The summed E-state index contributed by atoms with van der Waals surface area (Å²) in [6, 6.07) is 28.3. The molecule has 0 unspecified atom stereocenters. The molecule has 0 bridgehead atoms. The second-order valence-corrected chi connectivity index (χ2v) is 14.8. The number of hydrogen-bond donors (Lipinski definition) is 1. The third-order valence-corrected chi connectivity index (χ3v) is 11.6. The lowest BCUT2D eigenvalue weighted by Crippen LogP contribution is -2.39. The van der Waals surface area contributed by atoms with Crippen molar-refractivity contribution >= 4 is 23.2 Å². The number of piperidine rings is 1. The Kier molecular flexibility index (Phi) is 9.84. The molecule has 2 heterocycles. The lowest BCUT2D eigenvalue weighted by molar-refractivity contribution is 0.0174. The molecule has 1 saturated carbocycles. The van der Waals surface area contributed by atoms with Crippen molar-refractivity contribution in [1.29, 1.82) is 0 Å². The molecule has 0 radical (unpaired) electrons. The molecule has 2 aliphatic rings. The molecular weight excluding hydrogens is 668 g/mol. The van der Waals surface area contributed by atoms with Crippen molar-refractivity contribution < 1.29 is 22.8 Å². The van der Waals surface area contributed by atoms with Crippen LogP contribution in [0.25, 0.3) is 22.3 Å². The van der Waals surface area contributed by atoms with E-state index in [0.29, 0.717) is 42.0 Å². The number of rotatable bonds is 9. The highest BCUT2D eigenvalue weighted by atomic mass is 32.1. The molecule has 0 spiro atoms. The van der Waals surface area contributed by atoms with Gasteiger partial charge in [0, 0.05) is 54.4 Å². The zero-order valence-corrected chi connectivity index (χ0v) is 29.3. The Morgan fingerprint density at radius 2 is 1.47 bits per heavy atom. The van der Waals surface area contributed by atoms with E-state index < -0.39 is 5.92 Å². The molecule has 0 atom stereocenters. The fourth-order valence-electron chi connectivity index (χ4n) is 7.56. The average molecular weight is 708 g/mol. The Morgan fingerprint density at radius 3 is 2.12 bits per heavy atom. The maximum Gasteiger partial charge on any atom is 0.270 e. The van der Waals surface area contributed by atoms with Gasteiger partial charge in [0.05, 0.1) is 5.01 Å². The van der Waals surface area contributed by atoms with Crippen LogP contribution in [0.15, 0.2) is 102 Å². The summed E-state index contributed by atoms with van der Waals surface area (Å²) in [4.78, 5) is 33.7. The summed E-state index contributed by atoms with van der Waals surface area (Å²) in [5.74, 6) is -3.29. The molecule has 51 heavy (non-hydrogen) atoms. The Bertz CT molecular complexity index is 1990. The van der Waals surface area contributed by atoms with Gasteiger partial charge in [-0.1, -0.05) is 91.7 Å². The number of hydrogen-bond acceptors (Lipinski definition) is 4. The maximum absolute atomic E-state index is 13.8. The van der Waals surface area contributed by atoms with E-state index in [1.165, 1.54) is 41.2 Å². The SMILES string of the molecule is CC(F)(F)c1ccc(-c2ccccc2C(=O)N2CCC(c3nc(C(=O)NCC4(c5ccc(-c6ccc(F)cc6)cc5)CCCC4)cs3)CC2)cc1. The molecule has 9 heteroatoms. The van der Waals surface area contributed by atoms with Gasteiger partial charge in [-0.15, -0.1) is 11.3 Å². The van der Waals surface area contributed by atoms with Crippen molar-refractivity contribution in [2.24, 2.45) is 0 Å². The Morgan fingerprint density at radius 1 is 0.863 bits per heavy atom. The van der Waals surface area contributed by atoms with Gasteiger partial charge in [0.2, 0.25) is 0 Å². The van der Waals surface area contributed by atoms with Crippen LogP contribution in [-0.2, 0) is 11.3 Å². The number of likely N-dealkylation sites (tertiary alicyclic amines) is 1. The molecule has 1 aromatic heterocycles. The first-order valence-corrected chi connectivity index (χ1v) is 18.4. The van der Waals surface area contributed by atoms with Crippen LogP contribution in [0.4, 0.5) is 13.2 Å². The molecule has 4 aromatic carbocycles. The molecule has 2 amide bonds. The van der Waals surface area contributed by atoms with Crippen LogP contribution in [0.3, 0.4) is 0 Å². The molecule has 1 aliphatic carbocycles. The molecule has 7 rings (SSSR count). The summed E-state index contributed by atoms with van der Waals surface area (Å²) in [7, 11) is 0. The maximum atomic E-state index is 13.8. The minimum Gasteiger partial charge on any atom is -0.350 e. The number of amides is 2. The lowest BCUT2D eigenvalue weighted by Gasteiger charge is -2.31. The predicted octanol–water partition coefficient (Wildman–Crippen LogP) is 9.99. The normalized spacial score (nSPS) is 16.3. The summed E-state index contributed by atoms with van der Waals surface area (Å²) in [5, 5.41) is 5.93. The number of carbonyl (C=O) groups is 2. The van der Waals surface area contributed by atoms with E-state index in [2.05, 4.69) is 29.6 Å². The summed E-state index contributed by atoms with van der Waals surface area (Å²) >= 11 is 1.49. The number of benzene rings is 4. The number of halogens is 3. The monoisotopic (exact) mass is 707 g/mol. The van der Waals surface area contributed by atoms with Crippen molar-refractivity contribution in [3.8, 4) is 22.3 Å². The summed E-state index contributed by atoms with van der Waals surface area (Å²) < 4.78 is 40.9. The Labute approximate surface area is 300 Å². The fraction of sp³-hybridized carbons (Fsp3) is 0.310. The lowest BCUT2D eigenvalue weighted by atomic mass is 9.78. The first kappa shape index (κ1) is 34.7. The van der Waals surface area contributed by atoms with Crippen LogP contribution < -0.4 is 5.32 Å². The molecule has 1 aliphatic heterocycles. The second kappa shape index (κ2) is 14.5. The third-order valence-electron chi connectivity index (χ3n) is 10.6. The molecule has 2 fully saturated rings. The van der Waals surface area contributed by atoms with Crippen molar-refractivity contribution in [1.82, 2.24) is 15.2 Å². The van der Waals surface area contributed by atoms with Crippen LogP contribution in [0.2, 0.25) is 0 Å². The number of thiazole rings is 1. The van der Waals surface area contributed by atoms with Gasteiger partial charge in [-0.25, -0.2) is 18.2 Å². The minimum atomic E-state index is -2.93. The highest BCUT2D eigenvalue weighted by Crippen LogP contribution is 2.41. The molecule has 262 valence electrons. The highest BCUT2D eigenvalue weighted by Gasteiger charge is 2.36. The minimum absolute atomic E-state index is 0.0659. The number of aromatic nitrogens is 1. The molecular formula is C42H40F3N3O2S. The molecule has 1 N–H and O–H groups in total. The van der Waals surface area contributed by atoms with Gasteiger partial charge in [-0.2, -0.15) is 0 Å². The highest BCUT2D eigenvalue weighted by molar-refractivity contribution is 7.09. The quantitative estimate of drug-likeness (QED) is 0.166. The Hall–Kier alpha value is -4.76. The van der Waals surface area contributed by atoms with E-state index in [9.17, 15) is 22.8 Å². The van der Waals surface area contributed by atoms with Crippen LogP contribution in [0, 0.1) is 5.82 Å². The van der Waals surface area contributed by atoms with E-state index in [4.69, 9.17) is 4.98 Å². The first-order chi connectivity index (χ1) is 24.6. The summed E-state index contributed by atoms with van der Waals surface area (Å²) in [6.45, 7) is 2.52. The average Bonchev–Trinajstić information content (AvgIpc) is 3.86. The van der Waals surface area contributed by atoms with Crippen molar-refractivity contribution in [3.05, 3.63) is 136 Å². The van der Waals surface area contributed by atoms with E-state index >= 15 is 0 Å². The number of carbonyl (C=O) groups excluding carboxylic acids is 2. The standard InChI is InChI=1S/C42H40F3N3O2S/c1-41(44,45)32-14-10-30(11-15-32)35-6-2-3-7-36(35)40(50)48-24-20-31(21-25-48)39-47-37(26-51-39)38(49)46-27-42(22-4-5-23-42)33-16-8-28(9-17-33)29-12-18-34(43)19-13-29/h2-3,6-19,26,31H,4-5,20-25,27H2,1H3,(H,46,49). The number of nitrogens with zero attached hydrogens (tertiary/aromatic N) is 2. The van der Waals surface area contributed by atoms with E-state index in [0.717, 1.165) is 61.6 Å². The van der Waals surface area contributed by atoms with Crippen LogP contribution in [0.5, 0.6) is 0 Å². The van der Waals surface area contributed by atoms with Crippen LogP contribution in [0.1, 0.15) is 88.3 Å². The molecule has 5 nitrogen and oxygen atoms in total. The predicted molar refractivity (Wildman–Crippen MR) is 196 cm³/mol. The molecule has 5 aromatic rings. The van der Waals surface area contributed by atoms with Gasteiger partial charge in [-0.05, 0) is 71.7 Å². The van der Waals surface area contributed by atoms with Crippen LogP contribution >= 0.6 is 11.3 Å². The van der Waals surface area contributed by atoms with Gasteiger partial charge in [0.15, 0.2) is 0 Å². The fourth-order valence-corrected chi connectivity index (χ4v) is 8.53. The van der Waals surface area contributed by atoms with E-state index in [1.807, 2.05) is 28.5 Å². The largest absolute Gasteiger partial charge is 0.350 e. The summed E-state index contributed by atoms with van der Waals surface area (Å²) in [6.07, 6.45) is 5.68. The van der Waals surface area contributed by atoms with Crippen molar-refractivity contribution in [3.63, 3.8) is 0 Å². The number of alkyl halides is 2. The van der Waals surface area contributed by atoms with Gasteiger partial charge in [0.25, 0.3) is 17.7 Å². The van der Waals surface area contributed by atoms with Gasteiger partial charge >= 0.3 is 0 Å². The van der Waals surface area contributed by atoms with E-state index in [1.54, 1.807) is 30.3 Å². The number of nitrogens with one attached hydrogen (secondary N) is 1. The zero-order chi connectivity index (χ0) is 35.6.